The highest BCUT2D eigenvalue weighted by Gasteiger charge is 2.17. The summed E-state index contributed by atoms with van der Waals surface area (Å²) >= 11 is 3.25. The van der Waals surface area contributed by atoms with Crippen molar-refractivity contribution in [2.75, 3.05) is 7.11 Å². The van der Waals surface area contributed by atoms with E-state index in [0.29, 0.717) is 21.3 Å². The van der Waals surface area contributed by atoms with Crippen LogP contribution in [0.2, 0.25) is 0 Å². The van der Waals surface area contributed by atoms with E-state index in [4.69, 9.17) is 0 Å². The first kappa shape index (κ1) is 13.5. The van der Waals surface area contributed by atoms with Crippen LogP contribution < -0.4 is 0 Å². The number of nitrogens with zero attached hydrogens (tertiary/aromatic N) is 3. The van der Waals surface area contributed by atoms with Gasteiger partial charge in [0.25, 0.3) is 5.69 Å². The molecule has 7 nitrogen and oxygen atoms in total. The SMILES string of the molecule is COC(=O)Cn1c(C)nc2c(Br)cc([N+](=O)[O-])cc21. The van der Waals surface area contributed by atoms with Gasteiger partial charge in [-0.1, -0.05) is 0 Å². The number of aromatic nitrogens is 2. The molecule has 0 N–H and O–H groups in total. The van der Waals surface area contributed by atoms with E-state index in [1.54, 1.807) is 11.5 Å². The van der Waals surface area contributed by atoms with E-state index in [9.17, 15) is 14.9 Å². The number of nitro benzene ring substituents is 1. The minimum absolute atomic E-state index is 0.0353. The second kappa shape index (κ2) is 4.96. The van der Waals surface area contributed by atoms with Crippen molar-refractivity contribution in [1.82, 2.24) is 9.55 Å². The molecule has 1 aromatic heterocycles. The van der Waals surface area contributed by atoms with E-state index < -0.39 is 10.9 Å². The maximum absolute atomic E-state index is 11.4. The van der Waals surface area contributed by atoms with Crippen LogP contribution >= 0.6 is 15.9 Å². The zero-order chi connectivity index (χ0) is 14.2. The third kappa shape index (κ3) is 2.43. The second-order valence-corrected chi connectivity index (χ2v) is 4.73. The number of hydrogen-bond donors (Lipinski definition) is 0. The summed E-state index contributed by atoms with van der Waals surface area (Å²) in [6, 6.07) is 2.78. The Bertz CT molecular complexity index is 680. The van der Waals surface area contributed by atoms with E-state index in [2.05, 4.69) is 25.7 Å². The summed E-state index contributed by atoms with van der Waals surface area (Å²) in [5.41, 5.74) is 1.03. The van der Waals surface area contributed by atoms with Crippen molar-refractivity contribution in [2.24, 2.45) is 0 Å². The van der Waals surface area contributed by atoms with Gasteiger partial charge in [-0.15, -0.1) is 0 Å². The van der Waals surface area contributed by atoms with Crippen molar-refractivity contribution in [3.63, 3.8) is 0 Å². The van der Waals surface area contributed by atoms with Crippen LogP contribution in [0.25, 0.3) is 11.0 Å². The summed E-state index contributed by atoms with van der Waals surface area (Å²) in [6.45, 7) is 1.69. The molecule has 0 aliphatic carbocycles. The van der Waals surface area contributed by atoms with Gasteiger partial charge in [0, 0.05) is 12.1 Å². The van der Waals surface area contributed by atoms with Gasteiger partial charge in [-0.2, -0.15) is 0 Å². The van der Waals surface area contributed by atoms with Crippen LogP contribution in [0.5, 0.6) is 0 Å². The van der Waals surface area contributed by atoms with Crippen LogP contribution in [-0.4, -0.2) is 27.6 Å². The topological polar surface area (TPSA) is 87.3 Å². The van der Waals surface area contributed by atoms with Gasteiger partial charge >= 0.3 is 5.97 Å². The lowest BCUT2D eigenvalue weighted by atomic mass is 10.3. The van der Waals surface area contributed by atoms with Crippen LogP contribution in [-0.2, 0) is 16.1 Å². The van der Waals surface area contributed by atoms with E-state index in [1.807, 2.05) is 0 Å². The van der Waals surface area contributed by atoms with Gasteiger partial charge in [-0.25, -0.2) is 4.98 Å². The summed E-state index contributed by atoms with van der Waals surface area (Å²) in [5.74, 6) is 0.145. The molecule has 0 saturated heterocycles. The zero-order valence-corrected chi connectivity index (χ0v) is 11.8. The third-order valence-corrected chi connectivity index (χ3v) is 3.31. The standard InChI is InChI=1S/C11H10BrN3O4/c1-6-13-11-8(12)3-7(15(17)18)4-9(11)14(6)5-10(16)19-2/h3-4H,5H2,1-2H3. The average molecular weight is 328 g/mol. The number of non-ortho nitro benzene ring substituents is 1. The quantitative estimate of drug-likeness (QED) is 0.490. The summed E-state index contributed by atoms with van der Waals surface area (Å²) in [7, 11) is 1.29. The lowest BCUT2D eigenvalue weighted by Crippen LogP contribution is -2.12. The first-order valence-corrected chi connectivity index (χ1v) is 6.11. The number of aryl methyl sites for hydroxylation is 1. The van der Waals surface area contributed by atoms with Gasteiger partial charge < -0.3 is 9.30 Å². The highest BCUT2D eigenvalue weighted by molar-refractivity contribution is 9.10. The number of benzene rings is 1. The monoisotopic (exact) mass is 327 g/mol. The molecular formula is C11H10BrN3O4. The number of nitro groups is 1. The average Bonchev–Trinajstić information content (AvgIpc) is 2.67. The van der Waals surface area contributed by atoms with E-state index in [-0.39, 0.29) is 12.2 Å². The number of esters is 1. The fourth-order valence-electron chi connectivity index (χ4n) is 1.78. The third-order valence-electron chi connectivity index (χ3n) is 2.71. The Balaban J connectivity index is 2.66. The minimum atomic E-state index is -0.491. The number of fused-ring (bicyclic) bond motifs is 1. The molecule has 8 heteroatoms. The molecule has 100 valence electrons. The molecule has 0 radical (unpaired) electrons. The minimum Gasteiger partial charge on any atom is -0.468 e. The molecule has 2 rings (SSSR count). The second-order valence-electron chi connectivity index (χ2n) is 3.87. The molecular weight excluding hydrogens is 318 g/mol. The van der Waals surface area contributed by atoms with E-state index >= 15 is 0 Å². The summed E-state index contributed by atoms with van der Waals surface area (Å²) in [5, 5.41) is 10.9. The Morgan fingerprint density at radius 3 is 2.84 bits per heavy atom. The largest absolute Gasteiger partial charge is 0.468 e. The fraction of sp³-hybridized carbons (Fsp3) is 0.273. The van der Waals surface area contributed by atoms with Gasteiger partial charge in [0.15, 0.2) is 0 Å². The molecule has 0 aliphatic rings. The number of hydrogen-bond acceptors (Lipinski definition) is 5. The van der Waals surface area contributed by atoms with Crippen LogP contribution in [0.4, 0.5) is 5.69 Å². The molecule has 1 heterocycles. The molecule has 0 bridgehead atoms. The van der Waals surface area contributed by atoms with Gasteiger partial charge in [0.1, 0.15) is 17.9 Å². The van der Waals surface area contributed by atoms with Gasteiger partial charge in [-0.3, -0.25) is 14.9 Å². The number of imidazole rings is 1. The molecule has 0 fully saturated rings. The molecule has 0 unspecified atom stereocenters. The predicted molar refractivity (Wildman–Crippen MR) is 70.8 cm³/mol. The number of carbonyl (C=O) groups is 1. The normalized spacial score (nSPS) is 10.7. The Hall–Kier alpha value is -1.96. The van der Waals surface area contributed by atoms with E-state index in [0.717, 1.165) is 0 Å². The first-order chi connectivity index (χ1) is 8.93. The van der Waals surface area contributed by atoms with Gasteiger partial charge in [0.2, 0.25) is 0 Å². The first-order valence-electron chi connectivity index (χ1n) is 5.31. The lowest BCUT2D eigenvalue weighted by Gasteiger charge is -2.05. The maximum Gasteiger partial charge on any atom is 0.325 e. The number of ether oxygens (including phenoxy) is 1. The maximum atomic E-state index is 11.4. The predicted octanol–water partition coefficient (Wildman–Crippen LogP) is 2.19. The van der Waals surface area contributed by atoms with Crippen LogP contribution in [0.3, 0.4) is 0 Å². The fourth-order valence-corrected chi connectivity index (χ4v) is 2.31. The number of halogens is 1. The van der Waals surface area contributed by atoms with Crippen molar-refractivity contribution in [3.05, 3.63) is 32.5 Å². The molecule has 2 aromatic rings. The molecule has 0 spiro atoms. The highest BCUT2D eigenvalue weighted by Crippen LogP contribution is 2.29. The van der Waals surface area contributed by atoms with Gasteiger partial charge in [-0.05, 0) is 22.9 Å². The van der Waals surface area contributed by atoms with Crippen molar-refractivity contribution < 1.29 is 14.5 Å². The van der Waals surface area contributed by atoms with Crippen LogP contribution in [0.1, 0.15) is 5.82 Å². The molecule has 0 atom stereocenters. The number of methoxy groups -OCH3 is 1. The van der Waals surface area contributed by atoms with Crippen molar-refractivity contribution in [1.29, 1.82) is 0 Å². The lowest BCUT2D eigenvalue weighted by molar-refractivity contribution is -0.384. The molecule has 0 aliphatic heterocycles. The Labute approximate surface area is 116 Å². The Morgan fingerprint density at radius 1 is 1.58 bits per heavy atom. The van der Waals surface area contributed by atoms with Crippen LogP contribution in [0, 0.1) is 17.0 Å². The van der Waals surface area contributed by atoms with Crippen molar-refractivity contribution in [2.45, 2.75) is 13.5 Å². The van der Waals surface area contributed by atoms with Crippen molar-refractivity contribution >= 4 is 38.6 Å². The highest BCUT2D eigenvalue weighted by atomic mass is 79.9. The Morgan fingerprint density at radius 2 is 2.26 bits per heavy atom. The van der Waals surface area contributed by atoms with Gasteiger partial charge in [0.05, 0.1) is 22.0 Å². The molecule has 0 saturated carbocycles. The molecule has 0 amide bonds. The molecule has 19 heavy (non-hydrogen) atoms. The van der Waals surface area contributed by atoms with Crippen LogP contribution in [0.15, 0.2) is 16.6 Å². The van der Waals surface area contributed by atoms with Crippen molar-refractivity contribution in [3.8, 4) is 0 Å². The number of rotatable bonds is 3. The summed E-state index contributed by atoms with van der Waals surface area (Å²) in [4.78, 5) is 26.0. The summed E-state index contributed by atoms with van der Waals surface area (Å²) < 4.78 is 6.70. The molecule has 1 aromatic carbocycles. The smallest absolute Gasteiger partial charge is 0.325 e. The zero-order valence-electron chi connectivity index (χ0n) is 10.2. The number of carbonyl (C=O) groups excluding carboxylic acids is 1. The van der Waals surface area contributed by atoms with E-state index in [1.165, 1.54) is 19.2 Å². The summed E-state index contributed by atoms with van der Waals surface area (Å²) in [6.07, 6.45) is 0. The Kier molecular flexibility index (Phi) is 3.52.